The number of hydrogen-bond donors (Lipinski definition) is 0. The fraction of sp³-hybridized carbons (Fsp3) is 0.300. The van der Waals surface area contributed by atoms with E-state index in [0.29, 0.717) is 16.7 Å². The van der Waals surface area contributed by atoms with E-state index in [1.807, 2.05) is 12.3 Å². The van der Waals surface area contributed by atoms with E-state index >= 15 is 0 Å². The summed E-state index contributed by atoms with van der Waals surface area (Å²) in [6.07, 6.45) is 9.11. The average molecular weight is 363 g/mol. The first kappa shape index (κ1) is 16.1. The van der Waals surface area contributed by atoms with Crippen LogP contribution in [0.2, 0.25) is 0 Å². The standard InChI is InChI=1S/C20H18FN5O/c21-14-8-6-13(7-9-14)16-12-22-26-17-10-11-25(15-4-2-1-3-5-15)20(27)18(17)23-24-19(16)26/h6-12,15H,1-5H2. The Morgan fingerprint density at radius 2 is 1.78 bits per heavy atom. The van der Waals surface area contributed by atoms with Gasteiger partial charge in [-0.3, -0.25) is 4.79 Å². The van der Waals surface area contributed by atoms with E-state index in [0.717, 1.165) is 36.8 Å². The molecule has 27 heavy (non-hydrogen) atoms. The molecule has 4 aromatic rings. The Kier molecular flexibility index (Phi) is 3.74. The van der Waals surface area contributed by atoms with Crippen molar-refractivity contribution in [1.29, 1.82) is 0 Å². The van der Waals surface area contributed by atoms with Gasteiger partial charge >= 0.3 is 0 Å². The fourth-order valence-electron chi connectivity index (χ4n) is 3.99. The van der Waals surface area contributed by atoms with Crippen LogP contribution in [0.15, 0.2) is 47.5 Å². The fourth-order valence-corrected chi connectivity index (χ4v) is 3.99. The van der Waals surface area contributed by atoms with Gasteiger partial charge in [-0.15, -0.1) is 10.2 Å². The maximum atomic E-state index is 13.2. The van der Waals surface area contributed by atoms with Crippen LogP contribution in [0, 0.1) is 5.82 Å². The maximum Gasteiger partial charge on any atom is 0.280 e. The Bertz CT molecular complexity index is 1190. The minimum absolute atomic E-state index is 0.118. The molecule has 1 saturated carbocycles. The molecular weight excluding hydrogens is 345 g/mol. The Morgan fingerprint density at radius 1 is 1.00 bits per heavy atom. The molecule has 0 aliphatic heterocycles. The molecule has 1 aromatic carbocycles. The SMILES string of the molecule is O=c1c2nnc3c(-c4ccc(F)cc4)cnn3c2ccn1C1CCCCC1. The first-order valence-corrected chi connectivity index (χ1v) is 9.23. The molecule has 1 aliphatic rings. The van der Waals surface area contributed by atoms with Gasteiger partial charge in [-0.25, -0.2) is 8.91 Å². The number of rotatable bonds is 2. The van der Waals surface area contributed by atoms with Crippen molar-refractivity contribution in [1.82, 2.24) is 24.4 Å². The van der Waals surface area contributed by atoms with Gasteiger partial charge in [0, 0.05) is 17.8 Å². The van der Waals surface area contributed by atoms with Crippen LogP contribution in [-0.4, -0.2) is 24.4 Å². The first-order chi connectivity index (χ1) is 13.2. The highest BCUT2D eigenvalue weighted by Crippen LogP contribution is 2.28. The van der Waals surface area contributed by atoms with E-state index in [2.05, 4.69) is 15.3 Å². The lowest BCUT2D eigenvalue weighted by Gasteiger charge is -2.23. The molecule has 0 amide bonds. The Hall–Kier alpha value is -3.09. The van der Waals surface area contributed by atoms with Crippen LogP contribution in [0.5, 0.6) is 0 Å². The largest absolute Gasteiger partial charge is 0.310 e. The van der Waals surface area contributed by atoms with E-state index in [-0.39, 0.29) is 17.4 Å². The highest BCUT2D eigenvalue weighted by atomic mass is 19.1. The average Bonchev–Trinajstić information content (AvgIpc) is 3.14. The summed E-state index contributed by atoms with van der Waals surface area (Å²) in [6.45, 7) is 0. The lowest BCUT2D eigenvalue weighted by molar-refractivity contribution is 0.347. The Morgan fingerprint density at radius 3 is 2.56 bits per heavy atom. The highest BCUT2D eigenvalue weighted by molar-refractivity contribution is 5.82. The van der Waals surface area contributed by atoms with E-state index in [9.17, 15) is 9.18 Å². The van der Waals surface area contributed by atoms with Crippen molar-refractivity contribution in [2.45, 2.75) is 38.1 Å². The van der Waals surface area contributed by atoms with E-state index in [1.54, 1.807) is 27.4 Å². The van der Waals surface area contributed by atoms with Gasteiger partial charge in [0.25, 0.3) is 5.56 Å². The predicted molar refractivity (Wildman–Crippen MR) is 100 cm³/mol. The first-order valence-electron chi connectivity index (χ1n) is 9.23. The third-order valence-electron chi connectivity index (χ3n) is 5.41. The summed E-state index contributed by atoms with van der Waals surface area (Å²) in [5.41, 5.74) is 2.93. The van der Waals surface area contributed by atoms with Gasteiger partial charge in [0.15, 0.2) is 11.2 Å². The molecule has 1 aliphatic carbocycles. The molecule has 6 nitrogen and oxygen atoms in total. The topological polar surface area (TPSA) is 65.1 Å². The summed E-state index contributed by atoms with van der Waals surface area (Å²) >= 11 is 0. The van der Waals surface area contributed by atoms with Gasteiger partial charge in [0.2, 0.25) is 0 Å². The molecule has 0 saturated heterocycles. The second-order valence-corrected chi connectivity index (χ2v) is 7.05. The summed E-state index contributed by atoms with van der Waals surface area (Å²) in [5.74, 6) is -0.296. The van der Waals surface area contributed by atoms with Gasteiger partial charge < -0.3 is 4.57 Å². The minimum Gasteiger partial charge on any atom is -0.310 e. The molecule has 0 atom stereocenters. The zero-order valence-electron chi connectivity index (χ0n) is 14.7. The number of aromatic nitrogens is 5. The van der Waals surface area contributed by atoms with E-state index < -0.39 is 0 Å². The van der Waals surface area contributed by atoms with Crippen molar-refractivity contribution in [3.8, 4) is 11.1 Å². The summed E-state index contributed by atoms with van der Waals surface area (Å²) < 4.78 is 16.6. The smallest absolute Gasteiger partial charge is 0.280 e. The van der Waals surface area contributed by atoms with Crippen molar-refractivity contribution in [3.63, 3.8) is 0 Å². The number of benzene rings is 1. The van der Waals surface area contributed by atoms with Gasteiger partial charge in [-0.2, -0.15) is 5.10 Å². The van der Waals surface area contributed by atoms with Crippen molar-refractivity contribution >= 4 is 16.7 Å². The predicted octanol–water partition coefficient (Wildman–Crippen LogP) is 3.75. The molecule has 5 rings (SSSR count). The monoisotopic (exact) mass is 363 g/mol. The molecule has 0 spiro atoms. The van der Waals surface area contributed by atoms with Gasteiger partial charge in [0.1, 0.15) is 11.3 Å². The zero-order chi connectivity index (χ0) is 18.4. The van der Waals surface area contributed by atoms with E-state index in [1.165, 1.54) is 18.6 Å². The molecule has 0 bridgehead atoms. The van der Waals surface area contributed by atoms with Crippen molar-refractivity contribution in [2.75, 3.05) is 0 Å². The Balaban J connectivity index is 1.66. The molecule has 0 unspecified atom stereocenters. The number of hydrogen-bond acceptors (Lipinski definition) is 4. The van der Waals surface area contributed by atoms with E-state index in [4.69, 9.17) is 0 Å². The van der Waals surface area contributed by atoms with Crippen LogP contribution in [0.3, 0.4) is 0 Å². The quantitative estimate of drug-likeness (QED) is 0.544. The molecule has 0 radical (unpaired) electrons. The molecular formula is C20H18FN5O. The normalized spacial score (nSPS) is 15.6. The lowest BCUT2D eigenvalue weighted by Crippen LogP contribution is -2.27. The van der Waals surface area contributed by atoms with Crippen LogP contribution in [-0.2, 0) is 0 Å². The van der Waals surface area contributed by atoms with Crippen LogP contribution in [0.25, 0.3) is 27.8 Å². The number of halogens is 1. The second kappa shape index (κ2) is 6.26. The van der Waals surface area contributed by atoms with Crippen LogP contribution in [0.1, 0.15) is 38.1 Å². The summed E-state index contributed by atoms with van der Waals surface area (Å²) in [7, 11) is 0. The third-order valence-corrected chi connectivity index (χ3v) is 5.41. The summed E-state index contributed by atoms with van der Waals surface area (Å²) in [5, 5.41) is 12.9. The van der Waals surface area contributed by atoms with Gasteiger partial charge in [0.05, 0.1) is 6.20 Å². The summed E-state index contributed by atoms with van der Waals surface area (Å²) in [4.78, 5) is 13.0. The second-order valence-electron chi connectivity index (χ2n) is 7.05. The maximum absolute atomic E-state index is 13.2. The number of fused-ring (bicyclic) bond motifs is 3. The molecule has 3 heterocycles. The summed E-state index contributed by atoms with van der Waals surface area (Å²) in [6, 6.07) is 8.28. The minimum atomic E-state index is -0.296. The van der Waals surface area contributed by atoms with Crippen molar-refractivity contribution < 1.29 is 4.39 Å². The third kappa shape index (κ3) is 2.61. The number of pyridine rings is 1. The molecule has 7 heteroatoms. The van der Waals surface area contributed by atoms with Crippen molar-refractivity contribution in [2.24, 2.45) is 0 Å². The van der Waals surface area contributed by atoms with Gasteiger partial charge in [-0.1, -0.05) is 31.4 Å². The molecule has 0 N–H and O–H groups in total. The van der Waals surface area contributed by atoms with Gasteiger partial charge in [-0.05, 0) is 36.6 Å². The van der Waals surface area contributed by atoms with Crippen LogP contribution >= 0.6 is 0 Å². The number of nitrogens with zero attached hydrogens (tertiary/aromatic N) is 5. The zero-order valence-corrected chi connectivity index (χ0v) is 14.7. The lowest BCUT2D eigenvalue weighted by atomic mass is 9.95. The highest BCUT2D eigenvalue weighted by Gasteiger charge is 2.19. The van der Waals surface area contributed by atoms with Crippen LogP contribution in [0.4, 0.5) is 4.39 Å². The van der Waals surface area contributed by atoms with Crippen molar-refractivity contribution in [3.05, 3.63) is 58.9 Å². The molecule has 3 aromatic heterocycles. The molecule has 136 valence electrons. The molecule has 1 fully saturated rings. The Labute approximate surface area is 154 Å². The van der Waals surface area contributed by atoms with Crippen LogP contribution < -0.4 is 5.56 Å².